The van der Waals surface area contributed by atoms with Gasteiger partial charge in [0, 0.05) is 18.3 Å². The van der Waals surface area contributed by atoms with E-state index in [4.69, 9.17) is 15.2 Å². The van der Waals surface area contributed by atoms with Crippen LogP contribution in [0.3, 0.4) is 0 Å². The predicted molar refractivity (Wildman–Crippen MR) is 84.3 cm³/mol. The Morgan fingerprint density at radius 2 is 2.00 bits per heavy atom. The summed E-state index contributed by atoms with van der Waals surface area (Å²) in [7, 11) is 3.05. The van der Waals surface area contributed by atoms with Crippen molar-refractivity contribution in [1.82, 2.24) is 5.32 Å². The van der Waals surface area contributed by atoms with E-state index in [1.807, 2.05) is 11.4 Å². The van der Waals surface area contributed by atoms with Crippen molar-refractivity contribution in [1.29, 1.82) is 0 Å². The smallest absolute Gasteiger partial charge is 0.253 e. The van der Waals surface area contributed by atoms with Crippen LogP contribution in [-0.2, 0) is 6.42 Å². The second-order valence-electron chi connectivity index (χ2n) is 4.43. The molecule has 0 radical (unpaired) electrons. The Labute approximate surface area is 127 Å². The molecule has 112 valence electrons. The van der Waals surface area contributed by atoms with Gasteiger partial charge in [0.2, 0.25) is 0 Å². The molecular weight excluding hydrogens is 288 g/mol. The highest BCUT2D eigenvalue weighted by Gasteiger charge is 2.14. The van der Waals surface area contributed by atoms with Crippen LogP contribution in [0, 0.1) is 0 Å². The van der Waals surface area contributed by atoms with Crippen LogP contribution in [0.25, 0.3) is 0 Å². The van der Waals surface area contributed by atoms with E-state index in [1.54, 1.807) is 23.5 Å². The molecular formula is C15H18N2O3S. The zero-order valence-electron chi connectivity index (χ0n) is 12.0. The summed E-state index contributed by atoms with van der Waals surface area (Å²) in [6.07, 6.45) is 0.794. The number of ether oxygens (including phenoxy) is 2. The Morgan fingerprint density at radius 3 is 2.62 bits per heavy atom. The number of hydrogen-bond donors (Lipinski definition) is 2. The lowest BCUT2D eigenvalue weighted by Crippen LogP contribution is -2.26. The molecule has 0 unspecified atom stereocenters. The Balaban J connectivity index is 2.04. The number of benzene rings is 1. The molecule has 0 aliphatic carbocycles. The van der Waals surface area contributed by atoms with Gasteiger partial charge in [-0.2, -0.15) is 11.3 Å². The molecule has 2 aromatic rings. The lowest BCUT2D eigenvalue weighted by Gasteiger charge is -2.12. The summed E-state index contributed by atoms with van der Waals surface area (Å²) < 4.78 is 10.3. The van der Waals surface area contributed by atoms with Crippen molar-refractivity contribution in [3.63, 3.8) is 0 Å². The summed E-state index contributed by atoms with van der Waals surface area (Å²) in [5.41, 5.74) is 7.85. The summed E-state index contributed by atoms with van der Waals surface area (Å²) in [4.78, 5) is 12.2. The fourth-order valence-electron chi connectivity index (χ4n) is 1.94. The van der Waals surface area contributed by atoms with Crippen molar-refractivity contribution in [2.24, 2.45) is 0 Å². The first kappa shape index (κ1) is 15.2. The Hall–Kier alpha value is -2.21. The first-order valence-electron chi connectivity index (χ1n) is 6.46. The molecule has 0 aliphatic heterocycles. The van der Waals surface area contributed by atoms with Crippen molar-refractivity contribution in [3.05, 3.63) is 40.1 Å². The number of nitrogens with one attached hydrogen (secondary N) is 1. The van der Waals surface area contributed by atoms with E-state index in [0.717, 1.165) is 6.42 Å². The second kappa shape index (κ2) is 6.99. The number of rotatable bonds is 6. The zero-order chi connectivity index (χ0) is 15.2. The molecule has 1 aromatic heterocycles. The number of thiophene rings is 1. The highest BCUT2D eigenvalue weighted by atomic mass is 32.1. The first-order valence-corrected chi connectivity index (χ1v) is 7.40. The van der Waals surface area contributed by atoms with Crippen LogP contribution in [0.1, 0.15) is 15.9 Å². The van der Waals surface area contributed by atoms with E-state index in [9.17, 15) is 4.79 Å². The van der Waals surface area contributed by atoms with Crippen molar-refractivity contribution < 1.29 is 14.3 Å². The fourth-order valence-corrected chi connectivity index (χ4v) is 2.64. The number of methoxy groups -OCH3 is 2. The summed E-state index contributed by atoms with van der Waals surface area (Å²) in [6.45, 7) is 0.559. The van der Waals surface area contributed by atoms with E-state index in [-0.39, 0.29) is 5.91 Å². The molecule has 0 atom stereocenters. The van der Waals surface area contributed by atoms with E-state index < -0.39 is 0 Å². The molecule has 0 saturated carbocycles. The van der Waals surface area contributed by atoms with Crippen LogP contribution in [0.15, 0.2) is 29.0 Å². The highest BCUT2D eigenvalue weighted by molar-refractivity contribution is 7.07. The maximum absolute atomic E-state index is 12.2. The van der Waals surface area contributed by atoms with Crippen molar-refractivity contribution >= 4 is 22.9 Å². The number of carbonyl (C=O) groups excluding carboxylic acids is 1. The van der Waals surface area contributed by atoms with Gasteiger partial charge in [-0.15, -0.1) is 0 Å². The van der Waals surface area contributed by atoms with Gasteiger partial charge in [0.05, 0.1) is 19.8 Å². The molecule has 6 heteroatoms. The van der Waals surface area contributed by atoms with Gasteiger partial charge in [0.1, 0.15) is 0 Å². The average Bonchev–Trinajstić information content (AvgIpc) is 3.00. The highest BCUT2D eigenvalue weighted by Crippen LogP contribution is 2.31. The van der Waals surface area contributed by atoms with Gasteiger partial charge in [0.25, 0.3) is 5.91 Å². The number of carbonyl (C=O) groups is 1. The SMILES string of the molecule is COc1cc(N)c(C(=O)NCCc2ccsc2)cc1OC. The maximum Gasteiger partial charge on any atom is 0.253 e. The molecule has 3 N–H and O–H groups in total. The first-order chi connectivity index (χ1) is 10.2. The molecule has 2 rings (SSSR count). The van der Waals surface area contributed by atoms with Gasteiger partial charge in [-0.25, -0.2) is 0 Å². The van der Waals surface area contributed by atoms with Crippen LogP contribution in [0.4, 0.5) is 5.69 Å². The standard InChI is InChI=1S/C15H18N2O3S/c1-19-13-7-11(12(16)8-14(13)20-2)15(18)17-5-3-10-4-6-21-9-10/h4,6-9H,3,5,16H2,1-2H3,(H,17,18). The molecule has 1 amide bonds. The Kier molecular flexibility index (Phi) is 5.05. The topological polar surface area (TPSA) is 73.6 Å². The van der Waals surface area contributed by atoms with E-state index in [0.29, 0.717) is 29.3 Å². The summed E-state index contributed by atoms with van der Waals surface area (Å²) in [5, 5.41) is 6.94. The monoisotopic (exact) mass is 306 g/mol. The minimum absolute atomic E-state index is 0.219. The van der Waals surface area contributed by atoms with Gasteiger partial charge >= 0.3 is 0 Å². The molecule has 0 spiro atoms. The third kappa shape index (κ3) is 3.66. The van der Waals surface area contributed by atoms with Crippen LogP contribution >= 0.6 is 11.3 Å². The lowest BCUT2D eigenvalue weighted by molar-refractivity contribution is 0.0954. The van der Waals surface area contributed by atoms with Gasteiger partial charge in [-0.1, -0.05) is 0 Å². The minimum atomic E-state index is -0.219. The lowest BCUT2D eigenvalue weighted by atomic mass is 10.1. The van der Waals surface area contributed by atoms with Crippen LogP contribution in [0.2, 0.25) is 0 Å². The molecule has 1 heterocycles. The third-order valence-electron chi connectivity index (χ3n) is 3.08. The molecule has 21 heavy (non-hydrogen) atoms. The number of nitrogens with two attached hydrogens (primary N) is 1. The van der Waals surface area contributed by atoms with Gasteiger partial charge in [-0.05, 0) is 34.9 Å². The number of amides is 1. The number of hydrogen-bond acceptors (Lipinski definition) is 5. The molecule has 5 nitrogen and oxygen atoms in total. The van der Waals surface area contributed by atoms with Crippen molar-refractivity contribution in [3.8, 4) is 11.5 Å². The van der Waals surface area contributed by atoms with Crippen molar-refractivity contribution in [2.75, 3.05) is 26.5 Å². The zero-order valence-corrected chi connectivity index (χ0v) is 12.8. The maximum atomic E-state index is 12.2. The minimum Gasteiger partial charge on any atom is -0.493 e. The normalized spacial score (nSPS) is 10.2. The van der Waals surface area contributed by atoms with E-state index in [2.05, 4.69) is 10.7 Å². The van der Waals surface area contributed by atoms with Crippen molar-refractivity contribution in [2.45, 2.75) is 6.42 Å². The van der Waals surface area contributed by atoms with E-state index >= 15 is 0 Å². The number of nitrogen functional groups attached to an aromatic ring is 1. The van der Waals surface area contributed by atoms with E-state index in [1.165, 1.54) is 19.8 Å². The molecule has 0 bridgehead atoms. The molecule has 0 saturated heterocycles. The third-order valence-corrected chi connectivity index (χ3v) is 3.81. The van der Waals surface area contributed by atoms with Crippen LogP contribution < -0.4 is 20.5 Å². The van der Waals surface area contributed by atoms with Gasteiger partial charge in [-0.3, -0.25) is 4.79 Å². The summed E-state index contributed by atoms with van der Waals surface area (Å²) >= 11 is 1.64. The predicted octanol–water partition coefficient (Wildman–Crippen LogP) is 2.32. The Morgan fingerprint density at radius 1 is 1.29 bits per heavy atom. The van der Waals surface area contributed by atoms with Crippen LogP contribution in [0.5, 0.6) is 11.5 Å². The molecule has 0 aliphatic rings. The quantitative estimate of drug-likeness (QED) is 0.803. The van der Waals surface area contributed by atoms with Gasteiger partial charge < -0.3 is 20.5 Å². The number of anilines is 1. The van der Waals surface area contributed by atoms with Crippen LogP contribution in [-0.4, -0.2) is 26.7 Å². The molecule has 1 aromatic carbocycles. The fraction of sp³-hybridized carbons (Fsp3) is 0.267. The summed E-state index contributed by atoms with van der Waals surface area (Å²) in [6, 6.07) is 5.22. The van der Waals surface area contributed by atoms with Gasteiger partial charge in [0.15, 0.2) is 11.5 Å². The Bertz CT molecular complexity index is 612. The largest absolute Gasteiger partial charge is 0.493 e. The second-order valence-corrected chi connectivity index (χ2v) is 5.21. The molecule has 0 fully saturated rings. The summed E-state index contributed by atoms with van der Waals surface area (Å²) in [5.74, 6) is 0.767. The average molecular weight is 306 g/mol.